The highest BCUT2D eigenvalue weighted by molar-refractivity contribution is 5.90. The molecule has 0 radical (unpaired) electrons. The van der Waals surface area contributed by atoms with Gasteiger partial charge in [0.1, 0.15) is 11.9 Å². The second kappa shape index (κ2) is 8.76. The van der Waals surface area contributed by atoms with Crippen molar-refractivity contribution in [1.82, 2.24) is 19.9 Å². The number of aromatic nitrogens is 3. The van der Waals surface area contributed by atoms with Crippen molar-refractivity contribution < 1.29 is 18.7 Å². The summed E-state index contributed by atoms with van der Waals surface area (Å²) >= 11 is 0. The number of carbonyl (C=O) groups is 2. The van der Waals surface area contributed by atoms with E-state index in [4.69, 9.17) is 4.74 Å². The molecule has 1 aromatic heterocycles. The van der Waals surface area contributed by atoms with Gasteiger partial charge < -0.3 is 14.5 Å². The third-order valence-electron chi connectivity index (χ3n) is 6.62. The van der Waals surface area contributed by atoms with Gasteiger partial charge in [-0.15, -0.1) is 5.10 Å². The molecule has 0 bridgehead atoms. The van der Waals surface area contributed by atoms with E-state index in [-0.39, 0.29) is 23.7 Å². The summed E-state index contributed by atoms with van der Waals surface area (Å²) in [4.78, 5) is 30.3. The van der Waals surface area contributed by atoms with Gasteiger partial charge in [0, 0.05) is 38.3 Å². The maximum atomic E-state index is 15.0. The second-order valence-electron chi connectivity index (χ2n) is 8.67. The topological polar surface area (TPSA) is 83.8 Å². The lowest BCUT2D eigenvalue weighted by Crippen LogP contribution is -2.50. The zero-order chi connectivity index (χ0) is 22.1. The summed E-state index contributed by atoms with van der Waals surface area (Å²) in [7, 11) is 0. The van der Waals surface area contributed by atoms with Crippen LogP contribution in [0.3, 0.4) is 0 Å². The van der Waals surface area contributed by atoms with Crippen molar-refractivity contribution in [2.75, 3.05) is 42.5 Å². The summed E-state index contributed by atoms with van der Waals surface area (Å²) < 4.78 is 22.0. The molecule has 0 unspecified atom stereocenters. The third kappa shape index (κ3) is 4.13. The van der Waals surface area contributed by atoms with E-state index in [9.17, 15) is 14.0 Å². The summed E-state index contributed by atoms with van der Waals surface area (Å²) in [6.45, 7) is 3.13. The Balaban J connectivity index is 1.20. The molecule has 3 aliphatic rings. The summed E-state index contributed by atoms with van der Waals surface area (Å²) in [5.41, 5.74) is 0.959. The van der Waals surface area contributed by atoms with Gasteiger partial charge in [0.2, 0.25) is 5.91 Å². The number of rotatable bonds is 5. The molecule has 32 heavy (non-hydrogen) atoms. The van der Waals surface area contributed by atoms with Crippen molar-refractivity contribution in [3.05, 3.63) is 36.4 Å². The lowest BCUT2D eigenvalue weighted by atomic mass is 10.1. The van der Waals surface area contributed by atoms with Gasteiger partial charge in [-0.1, -0.05) is 18.1 Å². The highest BCUT2D eigenvalue weighted by Gasteiger charge is 2.34. The minimum atomic E-state index is -0.499. The number of halogens is 1. The zero-order valence-electron chi connectivity index (χ0n) is 17.9. The smallest absolute Gasteiger partial charge is 0.414 e. The summed E-state index contributed by atoms with van der Waals surface area (Å²) in [5.74, 6) is 0.0442. The van der Waals surface area contributed by atoms with Gasteiger partial charge in [0.25, 0.3) is 0 Å². The predicted molar refractivity (Wildman–Crippen MR) is 115 cm³/mol. The summed E-state index contributed by atoms with van der Waals surface area (Å²) in [5, 5.41) is 7.63. The first kappa shape index (κ1) is 20.7. The quantitative estimate of drug-likeness (QED) is 0.707. The zero-order valence-corrected chi connectivity index (χ0v) is 17.9. The lowest BCUT2D eigenvalue weighted by molar-refractivity contribution is -0.135. The largest absolute Gasteiger partial charge is 0.442 e. The first-order chi connectivity index (χ1) is 15.6. The van der Waals surface area contributed by atoms with Crippen molar-refractivity contribution in [3.63, 3.8) is 0 Å². The number of nitrogens with zero attached hydrogens (tertiary/aromatic N) is 6. The predicted octanol–water partition coefficient (Wildman–Crippen LogP) is 2.28. The fourth-order valence-electron chi connectivity index (χ4n) is 4.89. The number of carbonyl (C=O) groups excluding carboxylic acids is 2. The van der Waals surface area contributed by atoms with Gasteiger partial charge in [-0.3, -0.25) is 9.69 Å². The Labute approximate surface area is 185 Å². The minimum absolute atomic E-state index is 0.172. The molecule has 2 amide bonds. The Bertz CT molecular complexity index is 970. The van der Waals surface area contributed by atoms with Crippen molar-refractivity contribution >= 4 is 23.4 Å². The Morgan fingerprint density at radius 1 is 1.16 bits per heavy atom. The second-order valence-corrected chi connectivity index (χ2v) is 8.67. The number of amides is 2. The van der Waals surface area contributed by atoms with Crippen LogP contribution in [0.15, 0.2) is 30.6 Å². The highest BCUT2D eigenvalue weighted by atomic mass is 19.1. The van der Waals surface area contributed by atoms with E-state index in [0.29, 0.717) is 50.6 Å². The number of benzene rings is 1. The Kier molecular flexibility index (Phi) is 5.67. The molecule has 1 aliphatic carbocycles. The fraction of sp³-hybridized carbons (Fsp3) is 0.545. The molecule has 1 atom stereocenters. The number of piperazine rings is 1. The fourth-order valence-corrected chi connectivity index (χ4v) is 4.89. The van der Waals surface area contributed by atoms with Crippen molar-refractivity contribution in [3.8, 4) is 0 Å². The normalized spacial score (nSPS) is 22.0. The SMILES string of the molecule is O=C(C1CCCC1)N1CCN(c2ccc(N3C[C@H](Cn4ccnn4)OC3=O)cc2F)CC1. The molecule has 3 heterocycles. The number of ether oxygens (including phenoxy) is 1. The van der Waals surface area contributed by atoms with Crippen LogP contribution in [-0.4, -0.2) is 70.7 Å². The number of cyclic esters (lactones) is 1. The van der Waals surface area contributed by atoms with Gasteiger partial charge in [-0.05, 0) is 31.0 Å². The molecule has 5 rings (SSSR count). The van der Waals surface area contributed by atoms with E-state index in [1.54, 1.807) is 29.2 Å². The molecule has 1 saturated carbocycles. The van der Waals surface area contributed by atoms with E-state index in [1.807, 2.05) is 9.80 Å². The van der Waals surface area contributed by atoms with Crippen LogP contribution in [0.4, 0.5) is 20.6 Å². The van der Waals surface area contributed by atoms with Crippen LogP contribution < -0.4 is 9.80 Å². The molecule has 10 heteroatoms. The standard InChI is InChI=1S/C22H27FN6O3/c23-19-13-17(29-15-18(32-22(29)31)14-28-8-7-24-25-28)5-6-20(19)26-9-11-27(12-10-26)21(30)16-3-1-2-4-16/h5-8,13,16,18H,1-4,9-12,14-15H2/t18-/m0/s1. The molecule has 170 valence electrons. The molecule has 2 aliphatic heterocycles. The molecular formula is C22H27FN6O3. The van der Waals surface area contributed by atoms with E-state index in [2.05, 4.69) is 10.3 Å². The molecule has 3 fully saturated rings. The van der Waals surface area contributed by atoms with Crippen LogP contribution in [0.2, 0.25) is 0 Å². The average molecular weight is 442 g/mol. The minimum Gasteiger partial charge on any atom is -0.442 e. The summed E-state index contributed by atoms with van der Waals surface area (Å²) in [6, 6.07) is 4.83. The van der Waals surface area contributed by atoms with Crippen molar-refractivity contribution in [1.29, 1.82) is 0 Å². The first-order valence-corrected chi connectivity index (χ1v) is 11.2. The molecule has 2 saturated heterocycles. The van der Waals surface area contributed by atoms with E-state index in [1.165, 1.54) is 11.0 Å². The number of anilines is 2. The highest BCUT2D eigenvalue weighted by Crippen LogP contribution is 2.30. The average Bonchev–Trinajstić information content (AvgIpc) is 3.56. The molecule has 2 aromatic rings. The molecule has 1 aromatic carbocycles. The van der Waals surface area contributed by atoms with Gasteiger partial charge in [0.15, 0.2) is 0 Å². The van der Waals surface area contributed by atoms with E-state index in [0.717, 1.165) is 25.7 Å². The maximum Gasteiger partial charge on any atom is 0.414 e. The van der Waals surface area contributed by atoms with E-state index >= 15 is 0 Å². The van der Waals surface area contributed by atoms with Crippen molar-refractivity contribution in [2.45, 2.75) is 38.3 Å². The van der Waals surface area contributed by atoms with Crippen LogP contribution in [0.1, 0.15) is 25.7 Å². The number of hydrogen-bond acceptors (Lipinski definition) is 6. The van der Waals surface area contributed by atoms with Gasteiger partial charge in [-0.2, -0.15) is 0 Å². The molecular weight excluding hydrogens is 415 g/mol. The summed E-state index contributed by atoms with van der Waals surface area (Å²) in [6.07, 6.45) is 6.65. The molecule has 0 spiro atoms. The van der Waals surface area contributed by atoms with Gasteiger partial charge >= 0.3 is 6.09 Å². The Morgan fingerprint density at radius 3 is 2.62 bits per heavy atom. The van der Waals surface area contributed by atoms with Crippen LogP contribution in [0.25, 0.3) is 0 Å². The molecule has 9 nitrogen and oxygen atoms in total. The first-order valence-electron chi connectivity index (χ1n) is 11.2. The Hall–Kier alpha value is -3.17. The lowest BCUT2D eigenvalue weighted by Gasteiger charge is -2.37. The number of hydrogen-bond donors (Lipinski definition) is 0. The van der Waals surface area contributed by atoms with E-state index < -0.39 is 6.09 Å². The van der Waals surface area contributed by atoms with Crippen LogP contribution in [-0.2, 0) is 16.1 Å². The third-order valence-corrected chi connectivity index (χ3v) is 6.62. The van der Waals surface area contributed by atoms with Crippen LogP contribution in [0, 0.1) is 11.7 Å². The maximum absolute atomic E-state index is 15.0. The van der Waals surface area contributed by atoms with Crippen molar-refractivity contribution in [2.24, 2.45) is 5.92 Å². The monoisotopic (exact) mass is 442 g/mol. The van der Waals surface area contributed by atoms with Gasteiger partial charge in [-0.25, -0.2) is 13.9 Å². The molecule has 0 N–H and O–H groups in total. The Morgan fingerprint density at radius 2 is 1.94 bits per heavy atom. The van der Waals surface area contributed by atoms with Crippen LogP contribution >= 0.6 is 0 Å². The van der Waals surface area contributed by atoms with Gasteiger partial charge in [0.05, 0.1) is 30.7 Å². The van der Waals surface area contributed by atoms with Crippen LogP contribution in [0.5, 0.6) is 0 Å².